The van der Waals surface area contributed by atoms with Crippen molar-refractivity contribution in [1.82, 2.24) is 4.90 Å². The Kier molecular flexibility index (Phi) is 6.86. The van der Waals surface area contributed by atoms with Gasteiger partial charge in [-0.1, -0.05) is 52.7 Å². The first-order valence-corrected chi connectivity index (χ1v) is 12.1. The lowest BCUT2D eigenvalue weighted by atomic mass is 9.81. The number of nitrogens with zero attached hydrogens (tertiary/aromatic N) is 2. The van der Waals surface area contributed by atoms with Gasteiger partial charge in [-0.15, -0.1) is 0 Å². The highest BCUT2D eigenvalue weighted by atomic mass is 79.9. The molecule has 1 saturated carbocycles. The van der Waals surface area contributed by atoms with Crippen molar-refractivity contribution in [3.63, 3.8) is 0 Å². The number of carbonyl (C=O) groups is 3. The molecule has 1 aliphatic heterocycles. The molecule has 8 heteroatoms. The van der Waals surface area contributed by atoms with E-state index in [2.05, 4.69) is 28.2 Å². The van der Waals surface area contributed by atoms with Crippen molar-refractivity contribution in [1.29, 1.82) is 0 Å². The number of imide groups is 1. The first kappa shape index (κ1) is 22.8. The molecule has 4 amide bonds. The second-order valence-corrected chi connectivity index (χ2v) is 9.98. The van der Waals surface area contributed by atoms with Crippen LogP contribution in [0.25, 0.3) is 0 Å². The molecule has 2 fully saturated rings. The van der Waals surface area contributed by atoms with E-state index in [1.165, 1.54) is 10.5 Å². The Morgan fingerprint density at radius 3 is 2.59 bits per heavy atom. The van der Waals surface area contributed by atoms with Crippen molar-refractivity contribution >= 4 is 56.8 Å². The minimum atomic E-state index is -0.483. The maximum Gasteiger partial charge on any atom is 0.332 e. The molecule has 2 aromatic rings. The second-order valence-electron chi connectivity index (χ2n) is 8.25. The van der Waals surface area contributed by atoms with Crippen LogP contribution in [-0.4, -0.2) is 40.2 Å². The number of hydrogen-bond acceptors (Lipinski definition) is 3. The van der Waals surface area contributed by atoms with E-state index in [0.29, 0.717) is 29.2 Å². The van der Waals surface area contributed by atoms with Crippen molar-refractivity contribution in [3.05, 3.63) is 59.1 Å². The summed E-state index contributed by atoms with van der Waals surface area (Å²) >= 11 is 9.75. The summed E-state index contributed by atoms with van der Waals surface area (Å²) in [5, 5.41) is 3.31. The Hall–Kier alpha value is -2.38. The first-order chi connectivity index (χ1) is 15.4. The fourth-order valence-electron chi connectivity index (χ4n) is 4.49. The highest BCUT2D eigenvalue weighted by molar-refractivity contribution is 9.09. The molecule has 1 heterocycles. The molecule has 1 N–H and O–H groups in total. The van der Waals surface area contributed by atoms with Gasteiger partial charge in [-0.2, -0.15) is 0 Å². The standard InChI is InChI=1S/C24H25BrClN3O3/c1-2-15-6-9-18(10-7-15)27-22(30)14-28-21-11-8-16(25)12-20(21)23(31)29(24(28)32)19-5-3-4-17(26)13-19/h3-7,9-10,13,16,20-21H,2,8,11-12,14H2,1H3,(H,27,30). The van der Waals surface area contributed by atoms with Crippen LogP contribution in [0.2, 0.25) is 5.02 Å². The summed E-state index contributed by atoms with van der Waals surface area (Å²) in [7, 11) is 0. The Bertz CT molecular complexity index is 1030. The van der Waals surface area contributed by atoms with E-state index in [0.717, 1.165) is 12.8 Å². The minimum absolute atomic E-state index is 0.118. The highest BCUT2D eigenvalue weighted by Crippen LogP contribution is 2.39. The number of rotatable bonds is 5. The van der Waals surface area contributed by atoms with E-state index in [4.69, 9.17) is 11.6 Å². The number of alkyl halides is 1. The van der Waals surface area contributed by atoms with Crippen molar-refractivity contribution in [2.24, 2.45) is 5.92 Å². The summed E-state index contributed by atoms with van der Waals surface area (Å²) in [6, 6.07) is 13.5. The minimum Gasteiger partial charge on any atom is -0.325 e. The van der Waals surface area contributed by atoms with Crippen LogP contribution in [0, 0.1) is 5.92 Å². The maximum atomic E-state index is 13.5. The van der Waals surface area contributed by atoms with Crippen LogP contribution in [0.1, 0.15) is 31.7 Å². The normalized spacial score (nSPS) is 23.2. The molecule has 2 aliphatic rings. The zero-order chi connectivity index (χ0) is 22.8. The number of amides is 4. The maximum absolute atomic E-state index is 13.5. The second kappa shape index (κ2) is 9.63. The number of benzene rings is 2. The molecular weight excluding hydrogens is 494 g/mol. The molecule has 1 aliphatic carbocycles. The van der Waals surface area contributed by atoms with Gasteiger partial charge in [0.2, 0.25) is 11.8 Å². The number of carbonyl (C=O) groups excluding carboxylic acids is 3. The molecule has 0 aromatic heterocycles. The third kappa shape index (κ3) is 4.69. The molecule has 2 aromatic carbocycles. The smallest absolute Gasteiger partial charge is 0.325 e. The molecule has 3 atom stereocenters. The van der Waals surface area contributed by atoms with Crippen LogP contribution in [-0.2, 0) is 16.0 Å². The van der Waals surface area contributed by atoms with E-state index in [-0.39, 0.29) is 35.1 Å². The Morgan fingerprint density at radius 1 is 1.16 bits per heavy atom. The lowest BCUT2D eigenvalue weighted by molar-refractivity contribution is -0.128. The third-order valence-electron chi connectivity index (χ3n) is 6.15. The average molecular weight is 519 g/mol. The van der Waals surface area contributed by atoms with Crippen molar-refractivity contribution in [2.75, 3.05) is 16.8 Å². The van der Waals surface area contributed by atoms with Gasteiger partial charge in [0.15, 0.2) is 0 Å². The van der Waals surface area contributed by atoms with Gasteiger partial charge in [0.05, 0.1) is 11.6 Å². The number of fused-ring (bicyclic) bond motifs is 1. The monoisotopic (exact) mass is 517 g/mol. The fraction of sp³-hybridized carbons (Fsp3) is 0.375. The number of aryl methyl sites for hydroxylation is 1. The summed E-state index contributed by atoms with van der Waals surface area (Å²) in [5.74, 6) is -0.901. The molecule has 3 unspecified atom stereocenters. The van der Waals surface area contributed by atoms with Gasteiger partial charge < -0.3 is 10.2 Å². The van der Waals surface area contributed by atoms with Gasteiger partial charge >= 0.3 is 6.03 Å². The summed E-state index contributed by atoms with van der Waals surface area (Å²) in [6.45, 7) is 1.95. The van der Waals surface area contributed by atoms with Crippen LogP contribution >= 0.6 is 27.5 Å². The number of urea groups is 1. The number of hydrogen-bond donors (Lipinski definition) is 1. The average Bonchev–Trinajstić information content (AvgIpc) is 2.77. The Balaban J connectivity index is 1.58. The quantitative estimate of drug-likeness (QED) is 0.550. The zero-order valence-corrected chi connectivity index (χ0v) is 20.1. The van der Waals surface area contributed by atoms with Crippen molar-refractivity contribution < 1.29 is 14.4 Å². The zero-order valence-electron chi connectivity index (χ0n) is 17.8. The molecule has 4 rings (SSSR count). The molecule has 1 saturated heterocycles. The predicted molar refractivity (Wildman–Crippen MR) is 129 cm³/mol. The molecule has 0 spiro atoms. The molecule has 6 nitrogen and oxygen atoms in total. The van der Waals surface area contributed by atoms with Crippen LogP contribution in [0.5, 0.6) is 0 Å². The van der Waals surface area contributed by atoms with Gasteiger partial charge in [-0.3, -0.25) is 9.59 Å². The topological polar surface area (TPSA) is 69.7 Å². The molecule has 168 valence electrons. The fourth-order valence-corrected chi connectivity index (χ4v) is 5.34. The van der Waals surface area contributed by atoms with E-state index in [1.54, 1.807) is 29.2 Å². The van der Waals surface area contributed by atoms with E-state index in [1.807, 2.05) is 24.3 Å². The lowest BCUT2D eigenvalue weighted by Crippen LogP contribution is -2.64. The largest absolute Gasteiger partial charge is 0.332 e. The first-order valence-electron chi connectivity index (χ1n) is 10.8. The van der Waals surface area contributed by atoms with Gasteiger partial charge in [-0.25, -0.2) is 9.69 Å². The van der Waals surface area contributed by atoms with Gasteiger partial charge in [0.1, 0.15) is 6.54 Å². The molecular formula is C24H25BrClN3O3. The van der Waals surface area contributed by atoms with Crippen LogP contribution in [0.4, 0.5) is 16.2 Å². The number of nitrogens with one attached hydrogen (secondary N) is 1. The van der Waals surface area contributed by atoms with E-state index in [9.17, 15) is 14.4 Å². The SMILES string of the molecule is CCc1ccc(NC(=O)CN2C(=O)N(c3cccc(Cl)c3)C(=O)C3CC(Br)CCC32)cc1. The van der Waals surface area contributed by atoms with Gasteiger partial charge in [0, 0.05) is 21.6 Å². The number of anilines is 2. The van der Waals surface area contributed by atoms with Gasteiger partial charge in [-0.05, 0) is 61.6 Å². The summed E-state index contributed by atoms with van der Waals surface area (Å²) < 4.78 is 0. The highest BCUT2D eigenvalue weighted by Gasteiger charge is 2.49. The van der Waals surface area contributed by atoms with Crippen LogP contribution in [0.3, 0.4) is 0 Å². The lowest BCUT2D eigenvalue weighted by Gasteiger charge is -2.47. The Morgan fingerprint density at radius 2 is 1.91 bits per heavy atom. The molecule has 32 heavy (non-hydrogen) atoms. The summed E-state index contributed by atoms with van der Waals surface area (Å²) in [6.07, 6.45) is 3.04. The van der Waals surface area contributed by atoms with Crippen LogP contribution in [0.15, 0.2) is 48.5 Å². The predicted octanol–water partition coefficient (Wildman–Crippen LogP) is 5.24. The molecule has 0 radical (unpaired) electrons. The Labute approximate surface area is 201 Å². The van der Waals surface area contributed by atoms with Crippen molar-refractivity contribution in [3.8, 4) is 0 Å². The van der Waals surface area contributed by atoms with Crippen molar-refractivity contribution in [2.45, 2.75) is 43.5 Å². The third-order valence-corrected chi connectivity index (χ3v) is 7.22. The molecule has 0 bridgehead atoms. The van der Waals surface area contributed by atoms with E-state index < -0.39 is 6.03 Å². The summed E-state index contributed by atoms with van der Waals surface area (Å²) in [5.41, 5.74) is 2.28. The number of halogens is 2. The van der Waals surface area contributed by atoms with E-state index >= 15 is 0 Å². The van der Waals surface area contributed by atoms with Gasteiger partial charge in [0.25, 0.3) is 0 Å². The summed E-state index contributed by atoms with van der Waals surface area (Å²) in [4.78, 5) is 42.6. The van der Waals surface area contributed by atoms with Crippen LogP contribution < -0.4 is 10.2 Å².